The van der Waals surface area contributed by atoms with Crippen molar-refractivity contribution < 1.29 is 4.90 Å². The number of benzene rings is 1. The summed E-state index contributed by atoms with van der Waals surface area (Å²) >= 11 is 7.23. The van der Waals surface area contributed by atoms with Crippen molar-refractivity contribution in [2.75, 3.05) is 37.6 Å². The van der Waals surface area contributed by atoms with Crippen LogP contribution in [0.5, 0.6) is 0 Å². The fourth-order valence-electron chi connectivity index (χ4n) is 3.24. The smallest absolute Gasteiger partial charge is 0.168 e. The SMILES string of the molecule is CC[NH+]1CCN(c2ncnc3c2sc(=S)n3-c2ccccc2)CC1. The second-order valence-electron chi connectivity index (χ2n) is 5.98. The Kier molecular flexibility index (Phi) is 4.30. The van der Waals surface area contributed by atoms with Crippen molar-refractivity contribution in [3.05, 3.63) is 40.6 Å². The number of anilines is 1. The molecular weight excluding hydrogens is 338 g/mol. The minimum absolute atomic E-state index is 0.816. The molecule has 0 amide bonds. The van der Waals surface area contributed by atoms with Crippen LogP contribution in [0.15, 0.2) is 36.7 Å². The molecule has 1 N–H and O–H groups in total. The molecule has 0 saturated carbocycles. The van der Waals surface area contributed by atoms with Gasteiger partial charge in [0.25, 0.3) is 0 Å². The monoisotopic (exact) mass is 358 g/mol. The molecule has 0 radical (unpaired) electrons. The first-order valence-corrected chi connectivity index (χ1v) is 9.51. The lowest BCUT2D eigenvalue weighted by atomic mass is 10.3. The zero-order valence-electron chi connectivity index (χ0n) is 13.6. The predicted molar refractivity (Wildman–Crippen MR) is 101 cm³/mol. The van der Waals surface area contributed by atoms with Crippen molar-refractivity contribution in [3.8, 4) is 5.69 Å². The molecular formula is C17H20N5S2+. The van der Waals surface area contributed by atoms with Crippen LogP contribution in [-0.2, 0) is 0 Å². The molecule has 1 aliphatic rings. The van der Waals surface area contributed by atoms with Crippen molar-refractivity contribution in [3.63, 3.8) is 0 Å². The number of thiazole rings is 1. The van der Waals surface area contributed by atoms with E-state index in [4.69, 9.17) is 12.2 Å². The number of piperazine rings is 1. The van der Waals surface area contributed by atoms with Gasteiger partial charge in [-0.2, -0.15) is 0 Å². The summed E-state index contributed by atoms with van der Waals surface area (Å²) in [4.78, 5) is 13.2. The molecule has 124 valence electrons. The van der Waals surface area contributed by atoms with Gasteiger partial charge in [0.1, 0.15) is 11.0 Å². The van der Waals surface area contributed by atoms with E-state index in [9.17, 15) is 0 Å². The van der Waals surface area contributed by atoms with Crippen LogP contribution in [0.4, 0.5) is 5.82 Å². The van der Waals surface area contributed by atoms with Gasteiger partial charge in [-0.15, -0.1) is 0 Å². The Balaban J connectivity index is 1.78. The van der Waals surface area contributed by atoms with E-state index in [1.165, 1.54) is 6.54 Å². The Morgan fingerprint density at radius 2 is 1.92 bits per heavy atom. The van der Waals surface area contributed by atoms with Crippen LogP contribution in [0.25, 0.3) is 16.0 Å². The highest BCUT2D eigenvalue weighted by atomic mass is 32.1. The fourth-order valence-corrected chi connectivity index (χ4v) is 4.65. The summed E-state index contributed by atoms with van der Waals surface area (Å²) in [6.07, 6.45) is 1.66. The van der Waals surface area contributed by atoms with E-state index in [2.05, 4.69) is 33.9 Å². The number of para-hydroxylation sites is 1. The van der Waals surface area contributed by atoms with Gasteiger partial charge in [-0.1, -0.05) is 29.5 Å². The lowest BCUT2D eigenvalue weighted by Crippen LogP contribution is -3.14. The van der Waals surface area contributed by atoms with E-state index in [1.807, 2.05) is 22.8 Å². The Hall–Kier alpha value is -1.83. The van der Waals surface area contributed by atoms with Gasteiger partial charge in [-0.3, -0.25) is 4.57 Å². The lowest BCUT2D eigenvalue weighted by Gasteiger charge is -2.32. The van der Waals surface area contributed by atoms with Crippen LogP contribution < -0.4 is 9.80 Å². The second kappa shape index (κ2) is 6.58. The van der Waals surface area contributed by atoms with Crippen LogP contribution in [0.3, 0.4) is 0 Å². The molecule has 1 fully saturated rings. The molecule has 3 heterocycles. The molecule has 1 saturated heterocycles. The van der Waals surface area contributed by atoms with Gasteiger partial charge in [0, 0.05) is 5.69 Å². The highest BCUT2D eigenvalue weighted by Gasteiger charge is 2.23. The molecule has 0 spiro atoms. The molecule has 0 atom stereocenters. The average Bonchev–Trinajstić information content (AvgIpc) is 2.98. The Morgan fingerprint density at radius 3 is 2.62 bits per heavy atom. The van der Waals surface area contributed by atoms with Gasteiger partial charge in [0.05, 0.1) is 32.7 Å². The van der Waals surface area contributed by atoms with Crippen molar-refractivity contribution >= 4 is 39.7 Å². The number of likely N-dealkylation sites (N-methyl/N-ethyl adjacent to an activating group) is 1. The molecule has 4 rings (SSSR count). The number of nitrogens with one attached hydrogen (secondary N) is 1. The van der Waals surface area contributed by atoms with Crippen molar-refractivity contribution in [1.82, 2.24) is 14.5 Å². The molecule has 1 aliphatic heterocycles. The maximum atomic E-state index is 5.62. The molecule has 0 aliphatic carbocycles. The van der Waals surface area contributed by atoms with Crippen molar-refractivity contribution in [1.29, 1.82) is 0 Å². The van der Waals surface area contributed by atoms with Gasteiger partial charge in [-0.25, -0.2) is 9.97 Å². The largest absolute Gasteiger partial charge is 0.344 e. The molecule has 0 unspecified atom stereocenters. The molecule has 2 aromatic heterocycles. The van der Waals surface area contributed by atoms with Crippen LogP contribution in [-0.4, -0.2) is 47.3 Å². The third kappa shape index (κ3) is 2.72. The summed E-state index contributed by atoms with van der Waals surface area (Å²) in [7, 11) is 0. The summed E-state index contributed by atoms with van der Waals surface area (Å²) < 4.78 is 3.95. The van der Waals surface area contributed by atoms with E-state index in [0.717, 1.165) is 52.0 Å². The minimum atomic E-state index is 0.816. The standard InChI is InChI=1S/C17H19N5S2/c1-2-20-8-10-21(11-9-20)15-14-16(19-12-18-15)22(17(23)24-14)13-6-4-3-5-7-13/h3-7,12H,2,8-11H2,1H3/p+1. The molecule has 5 nitrogen and oxygen atoms in total. The summed E-state index contributed by atoms with van der Waals surface area (Å²) in [5.74, 6) is 1.03. The molecule has 0 bridgehead atoms. The second-order valence-corrected chi connectivity index (χ2v) is 7.62. The maximum absolute atomic E-state index is 5.62. The van der Waals surface area contributed by atoms with Crippen LogP contribution >= 0.6 is 23.6 Å². The summed E-state index contributed by atoms with van der Waals surface area (Å²) in [5, 5.41) is 0. The average molecular weight is 359 g/mol. The normalized spacial score (nSPS) is 16.0. The van der Waals surface area contributed by atoms with E-state index < -0.39 is 0 Å². The number of quaternary nitrogens is 1. The number of aromatic nitrogens is 3. The summed E-state index contributed by atoms with van der Waals surface area (Å²) in [6, 6.07) is 10.2. The lowest BCUT2D eigenvalue weighted by molar-refractivity contribution is -0.898. The van der Waals surface area contributed by atoms with Crippen LogP contribution in [0.1, 0.15) is 6.92 Å². The van der Waals surface area contributed by atoms with Gasteiger partial charge in [0.2, 0.25) is 0 Å². The number of rotatable bonds is 3. The summed E-state index contributed by atoms with van der Waals surface area (Å²) in [5.41, 5.74) is 1.96. The summed E-state index contributed by atoms with van der Waals surface area (Å²) in [6.45, 7) is 7.83. The predicted octanol–water partition coefficient (Wildman–Crippen LogP) is 1.94. The first-order chi connectivity index (χ1) is 11.8. The van der Waals surface area contributed by atoms with Crippen LogP contribution in [0.2, 0.25) is 0 Å². The topological polar surface area (TPSA) is 38.4 Å². The maximum Gasteiger partial charge on any atom is 0.168 e. The zero-order valence-corrected chi connectivity index (χ0v) is 15.2. The molecule has 1 aromatic carbocycles. The highest BCUT2D eigenvalue weighted by molar-refractivity contribution is 7.73. The van der Waals surface area contributed by atoms with Gasteiger partial charge >= 0.3 is 0 Å². The molecule has 7 heteroatoms. The highest BCUT2D eigenvalue weighted by Crippen LogP contribution is 2.31. The van der Waals surface area contributed by atoms with E-state index >= 15 is 0 Å². The number of fused-ring (bicyclic) bond motifs is 1. The number of hydrogen-bond acceptors (Lipinski definition) is 5. The van der Waals surface area contributed by atoms with Crippen molar-refractivity contribution in [2.45, 2.75) is 6.92 Å². The third-order valence-corrected chi connectivity index (χ3v) is 5.99. The Labute approximate surface area is 150 Å². The first-order valence-electron chi connectivity index (χ1n) is 8.28. The van der Waals surface area contributed by atoms with E-state index in [1.54, 1.807) is 22.6 Å². The van der Waals surface area contributed by atoms with Crippen LogP contribution in [0, 0.1) is 3.95 Å². The zero-order chi connectivity index (χ0) is 16.5. The fraction of sp³-hybridized carbons (Fsp3) is 0.353. The quantitative estimate of drug-likeness (QED) is 0.726. The molecule has 3 aromatic rings. The Morgan fingerprint density at radius 1 is 1.17 bits per heavy atom. The number of nitrogens with zero attached hydrogens (tertiary/aromatic N) is 4. The third-order valence-electron chi connectivity index (χ3n) is 4.63. The van der Waals surface area contributed by atoms with Gasteiger partial charge in [-0.05, 0) is 31.3 Å². The van der Waals surface area contributed by atoms with Crippen molar-refractivity contribution in [2.24, 2.45) is 0 Å². The Bertz CT molecular complexity index is 894. The minimum Gasteiger partial charge on any atom is -0.344 e. The molecule has 24 heavy (non-hydrogen) atoms. The number of hydrogen-bond donors (Lipinski definition) is 1. The van der Waals surface area contributed by atoms with E-state index in [-0.39, 0.29) is 0 Å². The van der Waals surface area contributed by atoms with Gasteiger partial charge < -0.3 is 9.80 Å². The van der Waals surface area contributed by atoms with E-state index in [0.29, 0.717) is 0 Å². The first kappa shape index (κ1) is 15.7. The van der Waals surface area contributed by atoms with Gasteiger partial charge in [0.15, 0.2) is 15.4 Å².